The van der Waals surface area contributed by atoms with Crippen molar-refractivity contribution in [1.82, 2.24) is 0 Å². The minimum atomic E-state index is -0.552. The highest BCUT2D eigenvalue weighted by Crippen LogP contribution is 2.33. The van der Waals surface area contributed by atoms with Crippen molar-refractivity contribution in [3.8, 4) is 11.5 Å². The molecular weight excluding hydrogens is 317 g/mol. The second-order valence-corrected chi connectivity index (χ2v) is 4.96. The molecule has 0 saturated heterocycles. The maximum Gasteiger partial charge on any atom is 0.255 e. The molecule has 0 spiro atoms. The number of hydrogen-bond acceptors (Lipinski definition) is 5. The Balaban J connectivity index is 1.82. The molecule has 0 fully saturated rings. The molecule has 1 aliphatic rings. The minimum absolute atomic E-state index is 0.105. The van der Waals surface area contributed by atoms with Crippen LogP contribution in [0.25, 0.3) is 0 Å². The standard InChI is InChI=1S/C16H14FN3O4/c17-10-2-3-11(12(6-10)19-15(21)7-18)20-16(22)9-1-4-13-14(5-9)24-8-23-13/h1-6H,7-8,18H2,(H,19,21)(H,20,22). The Hall–Kier alpha value is -3.13. The number of benzene rings is 2. The van der Waals surface area contributed by atoms with Crippen LogP contribution in [-0.2, 0) is 4.79 Å². The molecule has 1 heterocycles. The molecule has 0 aliphatic carbocycles. The zero-order valence-electron chi connectivity index (χ0n) is 12.5. The predicted molar refractivity (Wildman–Crippen MR) is 84.6 cm³/mol. The number of nitrogens with two attached hydrogens (primary N) is 1. The van der Waals surface area contributed by atoms with Crippen molar-refractivity contribution in [2.45, 2.75) is 0 Å². The summed E-state index contributed by atoms with van der Waals surface area (Å²) in [6, 6.07) is 8.37. The summed E-state index contributed by atoms with van der Waals surface area (Å²) in [6.07, 6.45) is 0. The highest BCUT2D eigenvalue weighted by molar-refractivity contribution is 6.07. The number of hydrogen-bond donors (Lipinski definition) is 3. The van der Waals surface area contributed by atoms with E-state index in [1.54, 1.807) is 18.2 Å². The van der Waals surface area contributed by atoms with Gasteiger partial charge in [-0.3, -0.25) is 9.59 Å². The topological polar surface area (TPSA) is 103 Å². The first-order valence-electron chi connectivity index (χ1n) is 7.07. The molecule has 2 amide bonds. The molecule has 1 aliphatic heterocycles. The fourth-order valence-corrected chi connectivity index (χ4v) is 2.16. The maximum absolute atomic E-state index is 13.4. The summed E-state index contributed by atoms with van der Waals surface area (Å²) in [4.78, 5) is 23.8. The van der Waals surface area contributed by atoms with Gasteiger partial charge in [-0.15, -0.1) is 0 Å². The molecular formula is C16H14FN3O4. The molecule has 0 radical (unpaired) electrons. The highest BCUT2D eigenvalue weighted by atomic mass is 19.1. The van der Waals surface area contributed by atoms with Gasteiger partial charge in [-0.05, 0) is 36.4 Å². The molecule has 0 bridgehead atoms. The normalized spacial score (nSPS) is 11.9. The molecule has 0 aromatic heterocycles. The smallest absolute Gasteiger partial charge is 0.255 e. The third kappa shape index (κ3) is 3.28. The van der Waals surface area contributed by atoms with Gasteiger partial charge in [-0.1, -0.05) is 0 Å². The highest BCUT2D eigenvalue weighted by Gasteiger charge is 2.17. The number of fused-ring (bicyclic) bond motifs is 1. The van der Waals surface area contributed by atoms with Crippen molar-refractivity contribution < 1.29 is 23.5 Å². The van der Waals surface area contributed by atoms with Gasteiger partial charge in [0.15, 0.2) is 11.5 Å². The van der Waals surface area contributed by atoms with Gasteiger partial charge in [0.2, 0.25) is 12.7 Å². The van der Waals surface area contributed by atoms with E-state index in [0.29, 0.717) is 17.1 Å². The Morgan fingerprint density at radius 3 is 2.62 bits per heavy atom. The zero-order valence-corrected chi connectivity index (χ0v) is 12.5. The van der Waals surface area contributed by atoms with Crippen LogP contribution in [0.4, 0.5) is 15.8 Å². The molecule has 3 rings (SSSR count). The molecule has 0 atom stereocenters. The Bertz CT molecular complexity index is 810. The fraction of sp³-hybridized carbons (Fsp3) is 0.125. The van der Waals surface area contributed by atoms with E-state index in [1.807, 2.05) is 0 Å². The van der Waals surface area contributed by atoms with E-state index in [1.165, 1.54) is 12.1 Å². The summed E-state index contributed by atoms with van der Waals surface area (Å²) in [5, 5.41) is 5.05. The van der Waals surface area contributed by atoms with E-state index < -0.39 is 17.6 Å². The number of carbonyl (C=O) groups is 2. The number of nitrogens with one attached hydrogen (secondary N) is 2. The maximum atomic E-state index is 13.4. The van der Waals surface area contributed by atoms with E-state index in [9.17, 15) is 14.0 Å². The van der Waals surface area contributed by atoms with Gasteiger partial charge in [0, 0.05) is 5.56 Å². The van der Waals surface area contributed by atoms with Crippen molar-refractivity contribution in [2.24, 2.45) is 5.73 Å². The van der Waals surface area contributed by atoms with E-state index in [2.05, 4.69) is 10.6 Å². The van der Waals surface area contributed by atoms with Crippen molar-refractivity contribution in [3.05, 3.63) is 47.8 Å². The summed E-state index contributed by atoms with van der Waals surface area (Å²) >= 11 is 0. The van der Waals surface area contributed by atoms with E-state index in [-0.39, 0.29) is 24.7 Å². The molecule has 2 aromatic carbocycles. The number of carbonyl (C=O) groups excluding carboxylic acids is 2. The molecule has 2 aromatic rings. The van der Waals surface area contributed by atoms with Crippen LogP contribution in [0.3, 0.4) is 0 Å². The van der Waals surface area contributed by atoms with Gasteiger partial charge in [0.05, 0.1) is 17.9 Å². The molecule has 7 nitrogen and oxygen atoms in total. The average Bonchev–Trinajstić information content (AvgIpc) is 3.04. The number of rotatable bonds is 4. The van der Waals surface area contributed by atoms with Crippen LogP contribution < -0.4 is 25.8 Å². The Labute approximate surface area is 136 Å². The molecule has 4 N–H and O–H groups in total. The lowest BCUT2D eigenvalue weighted by atomic mass is 10.1. The molecule has 8 heteroatoms. The second-order valence-electron chi connectivity index (χ2n) is 4.96. The number of halogens is 1. The van der Waals surface area contributed by atoms with E-state index in [4.69, 9.17) is 15.2 Å². The van der Waals surface area contributed by atoms with Gasteiger partial charge in [-0.25, -0.2) is 4.39 Å². The summed E-state index contributed by atoms with van der Waals surface area (Å²) in [6.45, 7) is -0.153. The van der Waals surface area contributed by atoms with Crippen LogP contribution in [0, 0.1) is 5.82 Å². The molecule has 0 unspecified atom stereocenters. The summed E-state index contributed by atoms with van der Waals surface area (Å²) < 4.78 is 23.8. The van der Waals surface area contributed by atoms with Crippen LogP contribution in [0.15, 0.2) is 36.4 Å². The quantitative estimate of drug-likeness (QED) is 0.791. The van der Waals surface area contributed by atoms with Crippen LogP contribution in [0.5, 0.6) is 11.5 Å². The monoisotopic (exact) mass is 331 g/mol. The number of anilines is 2. The Morgan fingerprint density at radius 1 is 1.04 bits per heavy atom. The lowest BCUT2D eigenvalue weighted by Crippen LogP contribution is -2.23. The zero-order chi connectivity index (χ0) is 17.1. The number of amides is 2. The first kappa shape index (κ1) is 15.8. The van der Waals surface area contributed by atoms with Crippen molar-refractivity contribution in [3.63, 3.8) is 0 Å². The van der Waals surface area contributed by atoms with Crippen molar-refractivity contribution in [2.75, 3.05) is 24.0 Å². The molecule has 124 valence electrons. The van der Waals surface area contributed by atoms with E-state index in [0.717, 1.165) is 6.07 Å². The minimum Gasteiger partial charge on any atom is -0.454 e. The lowest BCUT2D eigenvalue weighted by Gasteiger charge is -2.12. The number of ether oxygens (including phenoxy) is 2. The van der Waals surface area contributed by atoms with Crippen molar-refractivity contribution >= 4 is 23.2 Å². The van der Waals surface area contributed by atoms with Crippen LogP contribution >= 0.6 is 0 Å². The fourth-order valence-electron chi connectivity index (χ4n) is 2.16. The van der Waals surface area contributed by atoms with Gasteiger partial charge >= 0.3 is 0 Å². The van der Waals surface area contributed by atoms with Crippen LogP contribution in [-0.4, -0.2) is 25.2 Å². The SMILES string of the molecule is NCC(=O)Nc1cc(F)ccc1NC(=O)c1ccc2c(c1)OCO2. The molecule has 0 saturated carbocycles. The van der Waals surface area contributed by atoms with Gasteiger partial charge in [0.25, 0.3) is 5.91 Å². The van der Waals surface area contributed by atoms with Crippen LogP contribution in [0.2, 0.25) is 0 Å². The first-order valence-corrected chi connectivity index (χ1v) is 7.07. The Morgan fingerprint density at radius 2 is 1.83 bits per heavy atom. The van der Waals surface area contributed by atoms with E-state index >= 15 is 0 Å². The Kier molecular flexibility index (Phi) is 4.30. The first-order chi connectivity index (χ1) is 11.6. The van der Waals surface area contributed by atoms with Gasteiger partial charge in [0.1, 0.15) is 5.82 Å². The van der Waals surface area contributed by atoms with Crippen molar-refractivity contribution in [1.29, 1.82) is 0 Å². The largest absolute Gasteiger partial charge is 0.454 e. The average molecular weight is 331 g/mol. The predicted octanol–water partition coefficient (Wildman–Crippen LogP) is 1.70. The summed E-state index contributed by atoms with van der Waals surface area (Å²) in [5.41, 5.74) is 5.94. The summed E-state index contributed by atoms with van der Waals surface area (Å²) in [7, 11) is 0. The van der Waals surface area contributed by atoms with Crippen LogP contribution in [0.1, 0.15) is 10.4 Å². The van der Waals surface area contributed by atoms with Gasteiger partial charge in [-0.2, -0.15) is 0 Å². The summed E-state index contributed by atoms with van der Waals surface area (Å²) in [5.74, 6) is -0.464. The third-order valence-electron chi connectivity index (χ3n) is 3.32. The lowest BCUT2D eigenvalue weighted by molar-refractivity contribution is -0.114. The second kappa shape index (κ2) is 6.55. The van der Waals surface area contributed by atoms with Gasteiger partial charge < -0.3 is 25.8 Å². The molecule has 24 heavy (non-hydrogen) atoms. The third-order valence-corrected chi connectivity index (χ3v) is 3.32.